The molecule has 7 atom stereocenters. The highest BCUT2D eigenvalue weighted by molar-refractivity contribution is 5.17. The number of hydrogen-bond donors (Lipinski definition) is 0. The van der Waals surface area contributed by atoms with E-state index in [9.17, 15) is 0 Å². The molecule has 4 fully saturated rings. The fraction of sp³-hybridized carbons (Fsp3) is 0.920. The summed E-state index contributed by atoms with van der Waals surface area (Å²) >= 11 is 0. The molecular weight excluding hydrogens is 348 g/mol. The Bertz CT molecular complexity index is 644. The largest absolute Gasteiger partial charge is 0.381 e. The Hall–Kier alpha value is -0.380. The van der Waals surface area contributed by atoms with Crippen molar-refractivity contribution in [3.05, 3.63) is 12.2 Å². The lowest BCUT2D eigenvalue weighted by molar-refractivity contribution is -0.353. The van der Waals surface area contributed by atoms with E-state index < -0.39 is 0 Å². The van der Waals surface area contributed by atoms with E-state index in [1.807, 2.05) is 7.11 Å². The molecule has 28 heavy (non-hydrogen) atoms. The van der Waals surface area contributed by atoms with Gasteiger partial charge in [0, 0.05) is 24.4 Å². The van der Waals surface area contributed by atoms with Crippen molar-refractivity contribution >= 4 is 0 Å². The lowest BCUT2D eigenvalue weighted by atomic mass is 9.45. The molecule has 3 nitrogen and oxygen atoms in total. The zero-order valence-electron chi connectivity index (χ0n) is 18.6. The summed E-state index contributed by atoms with van der Waals surface area (Å²) < 4.78 is 19.5. The van der Waals surface area contributed by atoms with E-state index in [0.717, 1.165) is 37.9 Å². The van der Waals surface area contributed by atoms with Crippen molar-refractivity contribution in [2.75, 3.05) is 20.3 Å². The molecule has 0 aromatic carbocycles. The molecular formula is C25H40O3. The molecule has 1 aliphatic heterocycles. The van der Waals surface area contributed by atoms with Crippen LogP contribution < -0.4 is 0 Å². The van der Waals surface area contributed by atoms with Gasteiger partial charge >= 0.3 is 0 Å². The first-order chi connectivity index (χ1) is 13.2. The van der Waals surface area contributed by atoms with Crippen molar-refractivity contribution in [1.82, 2.24) is 0 Å². The summed E-state index contributed by atoms with van der Waals surface area (Å²) in [4.78, 5) is 0. The van der Waals surface area contributed by atoms with E-state index in [4.69, 9.17) is 14.2 Å². The van der Waals surface area contributed by atoms with Crippen LogP contribution in [0.1, 0.15) is 72.6 Å². The maximum atomic E-state index is 6.63. The number of rotatable bonds is 1. The number of ether oxygens (including phenoxy) is 3. The molecule has 1 saturated heterocycles. The van der Waals surface area contributed by atoms with E-state index >= 15 is 0 Å². The number of fused-ring (bicyclic) bond motifs is 6. The van der Waals surface area contributed by atoms with Gasteiger partial charge in [0.25, 0.3) is 0 Å². The number of allylic oxidation sites excluding steroid dienone is 2. The van der Waals surface area contributed by atoms with Gasteiger partial charge in [-0.1, -0.05) is 39.8 Å². The third-order valence-corrected chi connectivity index (χ3v) is 9.86. The summed E-state index contributed by atoms with van der Waals surface area (Å²) in [7, 11) is 1.95. The maximum absolute atomic E-state index is 6.63. The number of methoxy groups -OCH3 is 1. The summed E-state index contributed by atoms with van der Waals surface area (Å²) in [6, 6.07) is 0. The van der Waals surface area contributed by atoms with Gasteiger partial charge in [-0.05, 0) is 67.6 Å². The minimum absolute atomic E-state index is 0.0685. The molecule has 5 rings (SSSR count). The predicted molar refractivity (Wildman–Crippen MR) is 111 cm³/mol. The first-order valence-electron chi connectivity index (χ1n) is 11.7. The van der Waals surface area contributed by atoms with Gasteiger partial charge in [-0.3, -0.25) is 0 Å². The van der Waals surface area contributed by atoms with Crippen molar-refractivity contribution in [2.45, 2.75) is 84.5 Å². The van der Waals surface area contributed by atoms with E-state index in [1.165, 1.54) is 32.1 Å². The SMILES string of the molecule is CO[C@H]1C[C@@]2(C)C(CCC23OCC(C)(C)CO3)[C@@H]2CCC3CC=CC[C@]3(C)C21. The Morgan fingerprint density at radius 3 is 2.43 bits per heavy atom. The molecule has 1 heterocycles. The molecule has 3 heteroatoms. The van der Waals surface area contributed by atoms with Crippen LogP contribution in [0.25, 0.3) is 0 Å². The van der Waals surface area contributed by atoms with E-state index in [-0.39, 0.29) is 16.6 Å². The van der Waals surface area contributed by atoms with Crippen LogP contribution in [0.15, 0.2) is 12.2 Å². The Balaban J connectivity index is 1.50. The van der Waals surface area contributed by atoms with Crippen molar-refractivity contribution in [2.24, 2.45) is 39.9 Å². The Labute approximate surface area is 171 Å². The van der Waals surface area contributed by atoms with Gasteiger partial charge in [-0.2, -0.15) is 0 Å². The van der Waals surface area contributed by atoms with E-state index in [2.05, 4.69) is 39.8 Å². The van der Waals surface area contributed by atoms with Gasteiger partial charge in [0.15, 0.2) is 5.79 Å². The summed E-state index contributed by atoms with van der Waals surface area (Å²) in [5.41, 5.74) is 0.586. The molecule has 0 radical (unpaired) electrons. The van der Waals surface area contributed by atoms with Crippen LogP contribution in [0.5, 0.6) is 0 Å². The van der Waals surface area contributed by atoms with Crippen LogP contribution in [-0.4, -0.2) is 32.2 Å². The first-order valence-corrected chi connectivity index (χ1v) is 11.7. The highest BCUT2D eigenvalue weighted by atomic mass is 16.7. The molecule has 1 spiro atoms. The Morgan fingerprint density at radius 2 is 1.71 bits per heavy atom. The molecule has 3 saturated carbocycles. The smallest absolute Gasteiger partial charge is 0.173 e. The van der Waals surface area contributed by atoms with Crippen molar-refractivity contribution in [3.8, 4) is 0 Å². The zero-order valence-corrected chi connectivity index (χ0v) is 18.6. The van der Waals surface area contributed by atoms with Crippen molar-refractivity contribution in [1.29, 1.82) is 0 Å². The van der Waals surface area contributed by atoms with E-state index in [1.54, 1.807) is 0 Å². The summed E-state index contributed by atoms with van der Waals surface area (Å²) in [5.74, 6) is 2.57. The van der Waals surface area contributed by atoms with Crippen LogP contribution in [0.2, 0.25) is 0 Å². The van der Waals surface area contributed by atoms with E-state index in [0.29, 0.717) is 23.4 Å². The minimum atomic E-state index is -0.390. The lowest BCUT2D eigenvalue weighted by Crippen LogP contribution is -2.63. The van der Waals surface area contributed by atoms with Gasteiger partial charge in [0.1, 0.15) is 0 Å². The monoisotopic (exact) mass is 388 g/mol. The van der Waals surface area contributed by atoms with Crippen LogP contribution in [-0.2, 0) is 14.2 Å². The lowest BCUT2D eigenvalue weighted by Gasteiger charge is -2.63. The average molecular weight is 389 g/mol. The molecule has 0 aromatic heterocycles. The molecule has 5 aliphatic rings. The van der Waals surface area contributed by atoms with Gasteiger partial charge in [0.05, 0.1) is 19.3 Å². The molecule has 0 N–H and O–H groups in total. The summed E-state index contributed by atoms with van der Waals surface area (Å²) in [5, 5.41) is 0. The first kappa shape index (κ1) is 19.6. The molecule has 0 amide bonds. The van der Waals surface area contributed by atoms with Crippen molar-refractivity contribution < 1.29 is 14.2 Å². The van der Waals surface area contributed by atoms with Crippen LogP contribution in [0, 0.1) is 39.9 Å². The normalized spacial score (nSPS) is 51.4. The van der Waals surface area contributed by atoms with Crippen LogP contribution in [0.3, 0.4) is 0 Å². The minimum Gasteiger partial charge on any atom is -0.381 e. The average Bonchev–Trinajstić information content (AvgIpc) is 2.95. The maximum Gasteiger partial charge on any atom is 0.173 e. The fourth-order valence-electron chi connectivity index (χ4n) is 8.29. The molecule has 3 unspecified atom stereocenters. The fourth-order valence-corrected chi connectivity index (χ4v) is 8.29. The second-order valence-corrected chi connectivity index (χ2v) is 11.9. The molecule has 0 aromatic rings. The molecule has 0 bridgehead atoms. The standard InChI is InChI=1S/C25H40O3/c1-22(2)15-27-25(28-16-22)13-11-19-18-10-9-17-8-6-7-12-23(17,3)21(18)20(26-5)14-24(19,25)4/h6-7,17-21H,8-16H2,1-5H3/t17?,18-,19?,20-,21?,23-,24-/m0/s1. The second kappa shape index (κ2) is 6.31. The summed E-state index contributed by atoms with van der Waals surface area (Å²) in [6.07, 6.45) is 13.8. The van der Waals surface area contributed by atoms with Crippen LogP contribution in [0.4, 0.5) is 0 Å². The molecule has 4 aliphatic carbocycles. The quantitative estimate of drug-likeness (QED) is 0.548. The third-order valence-electron chi connectivity index (χ3n) is 9.86. The van der Waals surface area contributed by atoms with Crippen molar-refractivity contribution in [3.63, 3.8) is 0 Å². The Kier molecular flexibility index (Phi) is 4.41. The van der Waals surface area contributed by atoms with Gasteiger partial charge in [-0.15, -0.1) is 0 Å². The van der Waals surface area contributed by atoms with Crippen LogP contribution >= 0.6 is 0 Å². The highest BCUT2D eigenvalue weighted by Gasteiger charge is 2.69. The number of hydrogen-bond acceptors (Lipinski definition) is 3. The topological polar surface area (TPSA) is 27.7 Å². The van der Waals surface area contributed by atoms with Gasteiger partial charge < -0.3 is 14.2 Å². The van der Waals surface area contributed by atoms with Gasteiger partial charge in [-0.25, -0.2) is 0 Å². The summed E-state index contributed by atoms with van der Waals surface area (Å²) in [6.45, 7) is 11.2. The second-order valence-electron chi connectivity index (χ2n) is 11.9. The van der Waals surface area contributed by atoms with Gasteiger partial charge in [0.2, 0.25) is 0 Å². The third kappa shape index (κ3) is 2.51. The highest BCUT2D eigenvalue weighted by Crippen LogP contribution is 2.69. The zero-order chi connectivity index (χ0) is 19.8. The molecule has 158 valence electrons. The Morgan fingerprint density at radius 1 is 0.964 bits per heavy atom. The predicted octanol–water partition coefficient (Wildman–Crippen LogP) is 5.59.